The maximum atomic E-state index is 12.0. The number of amides is 1. The lowest BCUT2D eigenvalue weighted by molar-refractivity contribution is -0.132. The normalized spacial score (nSPS) is 14.9. The Morgan fingerprint density at radius 2 is 1.48 bits per heavy atom. The summed E-state index contributed by atoms with van der Waals surface area (Å²) in [5.41, 5.74) is 1.38. The second-order valence-electron chi connectivity index (χ2n) is 6.69. The van der Waals surface area contributed by atoms with Gasteiger partial charge in [-0.25, -0.2) is 0 Å². The molecule has 128 valence electrons. The van der Waals surface area contributed by atoms with E-state index in [4.69, 9.17) is 11.6 Å². The van der Waals surface area contributed by atoms with Crippen LogP contribution in [0, 0.1) is 0 Å². The minimum atomic E-state index is 0.382. The largest absolute Gasteiger partial charge is 0.343 e. The summed E-state index contributed by atoms with van der Waals surface area (Å²) in [6.45, 7) is 1.98. The predicted octanol–water partition coefficient (Wildman–Crippen LogP) is 5.63. The molecule has 0 aromatic heterocycles. The molecule has 1 heterocycles. The average molecular weight is 336 g/mol. The Morgan fingerprint density at radius 1 is 0.870 bits per heavy atom. The first-order valence-corrected chi connectivity index (χ1v) is 9.66. The van der Waals surface area contributed by atoms with Crippen molar-refractivity contribution in [3.63, 3.8) is 0 Å². The molecule has 2 rings (SSSR count). The molecule has 1 aromatic carbocycles. The van der Waals surface area contributed by atoms with E-state index in [9.17, 15) is 4.79 Å². The van der Waals surface area contributed by atoms with Crippen LogP contribution in [0.3, 0.4) is 0 Å². The fraction of sp³-hybridized carbons (Fsp3) is 0.650. The van der Waals surface area contributed by atoms with Crippen molar-refractivity contribution in [3.05, 3.63) is 34.9 Å². The summed E-state index contributed by atoms with van der Waals surface area (Å²) >= 11 is 5.89. The van der Waals surface area contributed by atoms with Gasteiger partial charge in [-0.15, -0.1) is 0 Å². The molecule has 0 saturated carbocycles. The SMILES string of the molecule is O=C(CCCCCCCCc1ccc(Cl)cc1)N1CCCCC1. The third kappa shape index (κ3) is 7.39. The number of piperidine rings is 1. The van der Waals surface area contributed by atoms with Crippen LogP contribution in [-0.2, 0) is 11.2 Å². The van der Waals surface area contributed by atoms with Crippen LogP contribution in [0.5, 0.6) is 0 Å². The van der Waals surface area contributed by atoms with E-state index in [1.165, 1.54) is 56.9 Å². The van der Waals surface area contributed by atoms with Gasteiger partial charge in [-0.2, -0.15) is 0 Å². The average Bonchev–Trinajstić information content (AvgIpc) is 2.59. The Kier molecular flexibility index (Phi) is 8.52. The molecule has 23 heavy (non-hydrogen) atoms. The number of unbranched alkanes of at least 4 members (excludes halogenated alkanes) is 5. The van der Waals surface area contributed by atoms with Crippen molar-refractivity contribution in [2.24, 2.45) is 0 Å². The molecule has 0 N–H and O–H groups in total. The highest BCUT2D eigenvalue weighted by Gasteiger charge is 2.15. The van der Waals surface area contributed by atoms with Crippen molar-refractivity contribution in [2.75, 3.05) is 13.1 Å². The topological polar surface area (TPSA) is 20.3 Å². The molecule has 1 aromatic rings. The van der Waals surface area contributed by atoms with E-state index < -0.39 is 0 Å². The lowest BCUT2D eigenvalue weighted by atomic mass is 10.0. The van der Waals surface area contributed by atoms with Crippen LogP contribution < -0.4 is 0 Å². The van der Waals surface area contributed by atoms with Crippen molar-refractivity contribution < 1.29 is 4.79 Å². The molecule has 3 heteroatoms. The lowest BCUT2D eigenvalue weighted by Gasteiger charge is -2.26. The summed E-state index contributed by atoms with van der Waals surface area (Å²) in [6, 6.07) is 8.18. The molecule has 0 bridgehead atoms. The van der Waals surface area contributed by atoms with Crippen molar-refractivity contribution >= 4 is 17.5 Å². The summed E-state index contributed by atoms with van der Waals surface area (Å²) in [7, 11) is 0. The van der Waals surface area contributed by atoms with Crippen molar-refractivity contribution in [2.45, 2.75) is 70.6 Å². The third-order valence-electron chi connectivity index (χ3n) is 4.73. The number of benzene rings is 1. The van der Waals surface area contributed by atoms with E-state index in [2.05, 4.69) is 17.0 Å². The Bertz CT molecular complexity index is 451. The molecule has 1 amide bonds. The zero-order valence-corrected chi connectivity index (χ0v) is 15.0. The fourth-order valence-corrected chi connectivity index (χ4v) is 3.39. The van der Waals surface area contributed by atoms with E-state index in [1.807, 2.05) is 12.1 Å². The van der Waals surface area contributed by atoms with Gasteiger partial charge in [0, 0.05) is 24.5 Å². The van der Waals surface area contributed by atoms with Crippen LogP contribution in [0.2, 0.25) is 5.02 Å². The molecular formula is C20H30ClNO. The van der Waals surface area contributed by atoms with Crippen LogP contribution in [-0.4, -0.2) is 23.9 Å². The number of carbonyl (C=O) groups excluding carboxylic acids is 1. The van der Waals surface area contributed by atoms with Gasteiger partial charge in [-0.3, -0.25) is 4.79 Å². The molecular weight excluding hydrogens is 306 g/mol. The van der Waals surface area contributed by atoms with Crippen LogP contribution in [0.1, 0.15) is 69.8 Å². The van der Waals surface area contributed by atoms with Gasteiger partial charge in [0.25, 0.3) is 0 Å². The van der Waals surface area contributed by atoms with E-state index in [0.29, 0.717) is 5.91 Å². The van der Waals surface area contributed by atoms with Gasteiger partial charge < -0.3 is 4.90 Å². The third-order valence-corrected chi connectivity index (χ3v) is 4.98. The van der Waals surface area contributed by atoms with E-state index in [-0.39, 0.29) is 0 Å². The van der Waals surface area contributed by atoms with Gasteiger partial charge in [0.2, 0.25) is 5.91 Å². The number of rotatable bonds is 9. The number of aryl methyl sites for hydroxylation is 1. The van der Waals surface area contributed by atoms with Crippen LogP contribution in [0.4, 0.5) is 0 Å². The van der Waals surface area contributed by atoms with Gasteiger partial charge in [0.05, 0.1) is 0 Å². The summed E-state index contributed by atoms with van der Waals surface area (Å²) in [5.74, 6) is 0.382. The summed E-state index contributed by atoms with van der Waals surface area (Å²) in [6.07, 6.45) is 12.9. The Morgan fingerprint density at radius 3 is 2.17 bits per heavy atom. The van der Waals surface area contributed by atoms with Crippen molar-refractivity contribution in [1.82, 2.24) is 4.90 Å². The number of likely N-dealkylation sites (tertiary alicyclic amines) is 1. The molecule has 0 aliphatic carbocycles. The second kappa shape index (κ2) is 10.7. The van der Waals surface area contributed by atoms with Crippen molar-refractivity contribution in [1.29, 1.82) is 0 Å². The Labute approximate surface area is 146 Å². The summed E-state index contributed by atoms with van der Waals surface area (Å²) < 4.78 is 0. The quantitative estimate of drug-likeness (QED) is 0.536. The summed E-state index contributed by atoms with van der Waals surface area (Å²) in [4.78, 5) is 14.1. The maximum absolute atomic E-state index is 12.0. The number of hydrogen-bond donors (Lipinski definition) is 0. The van der Waals surface area contributed by atoms with Crippen LogP contribution in [0.15, 0.2) is 24.3 Å². The van der Waals surface area contributed by atoms with Crippen molar-refractivity contribution in [3.8, 4) is 0 Å². The molecule has 0 spiro atoms. The molecule has 1 aliphatic heterocycles. The first-order valence-electron chi connectivity index (χ1n) is 9.28. The van der Waals surface area contributed by atoms with E-state index in [0.717, 1.165) is 37.4 Å². The zero-order chi connectivity index (χ0) is 16.3. The monoisotopic (exact) mass is 335 g/mol. The second-order valence-corrected chi connectivity index (χ2v) is 7.13. The van der Waals surface area contributed by atoms with Crippen LogP contribution in [0.25, 0.3) is 0 Å². The lowest BCUT2D eigenvalue weighted by Crippen LogP contribution is -2.35. The number of nitrogens with zero attached hydrogens (tertiary/aromatic N) is 1. The Hall–Kier alpha value is -1.02. The van der Waals surface area contributed by atoms with E-state index >= 15 is 0 Å². The molecule has 1 saturated heterocycles. The van der Waals surface area contributed by atoms with Crippen LogP contribution >= 0.6 is 11.6 Å². The smallest absolute Gasteiger partial charge is 0.222 e. The molecule has 0 atom stereocenters. The molecule has 1 aliphatic rings. The number of hydrogen-bond acceptors (Lipinski definition) is 1. The summed E-state index contributed by atoms with van der Waals surface area (Å²) in [5, 5.41) is 0.813. The molecule has 2 nitrogen and oxygen atoms in total. The van der Waals surface area contributed by atoms with Gasteiger partial charge in [-0.05, 0) is 56.2 Å². The highest BCUT2D eigenvalue weighted by molar-refractivity contribution is 6.30. The first-order chi connectivity index (χ1) is 11.3. The number of halogens is 1. The maximum Gasteiger partial charge on any atom is 0.222 e. The fourth-order valence-electron chi connectivity index (χ4n) is 3.26. The molecule has 0 unspecified atom stereocenters. The minimum absolute atomic E-state index is 0.382. The molecule has 0 radical (unpaired) electrons. The highest BCUT2D eigenvalue weighted by Crippen LogP contribution is 2.15. The number of carbonyl (C=O) groups is 1. The van der Waals surface area contributed by atoms with Gasteiger partial charge in [0.15, 0.2) is 0 Å². The first kappa shape index (κ1) is 18.3. The van der Waals surface area contributed by atoms with Gasteiger partial charge >= 0.3 is 0 Å². The standard InChI is InChI=1S/C20H30ClNO/c21-19-14-12-18(13-15-19)10-6-3-1-2-4-7-11-20(23)22-16-8-5-9-17-22/h12-15H,1-11,16-17H2. The minimum Gasteiger partial charge on any atom is -0.343 e. The molecule has 1 fully saturated rings. The zero-order valence-electron chi connectivity index (χ0n) is 14.2. The van der Waals surface area contributed by atoms with Gasteiger partial charge in [0.1, 0.15) is 0 Å². The van der Waals surface area contributed by atoms with E-state index in [1.54, 1.807) is 0 Å². The Balaban J connectivity index is 1.43. The predicted molar refractivity (Wildman–Crippen MR) is 97.9 cm³/mol. The highest BCUT2D eigenvalue weighted by atomic mass is 35.5. The van der Waals surface area contributed by atoms with Gasteiger partial charge in [-0.1, -0.05) is 49.4 Å².